The largest absolute Gasteiger partial charge is 0.494 e. The van der Waals surface area contributed by atoms with Crippen molar-refractivity contribution in [3.63, 3.8) is 0 Å². The molecule has 0 atom stereocenters. The summed E-state index contributed by atoms with van der Waals surface area (Å²) >= 11 is 5.92. The Bertz CT molecular complexity index is 1130. The zero-order valence-electron chi connectivity index (χ0n) is 15.2. The average molecular weight is 391 g/mol. The minimum atomic E-state index is -0.0964. The highest BCUT2D eigenvalue weighted by Gasteiger charge is 2.08. The van der Waals surface area contributed by atoms with Crippen LogP contribution in [-0.4, -0.2) is 6.61 Å². The van der Waals surface area contributed by atoms with Crippen molar-refractivity contribution in [2.45, 2.75) is 12.8 Å². The van der Waals surface area contributed by atoms with E-state index in [1.807, 2.05) is 36.4 Å². The Morgan fingerprint density at radius 1 is 0.893 bits per heavy atom. The average Bonchev–Trinajstić information content (AvgIpc) is 2.73. The highest BCUT2D eigenvalue weighted by molar-refractivity contribution is 6.30. The van der Waals surface area contributed by atoms with E-state index in [9.17, 15) is 4.79 Å². The van der Waals surface area contributed by atoms with Crippen LogP contribution in [0.15, 0.2) is 88.1 Å². The Morgan fingerprint density at radius 2 is 1.68 bits per heavy atom. The summed E-state index contributed by atoms with van der Waals surface area (Å²) in [4.78, 5) is 12.6. The molecule has 1 heterocycles. The van der Waals surface area contributed by atoms with Crippen molar-refractivity contribution in [1.82, 2.24) is 0 Å². The molecule has 0 aliphatic carbocycles. The van der Waals surface area contributed by atoms with Gasteiger partial charge in [0.15, 0.2) is 5.43 Å². The highest BCUT2D eigenvalue weighted by atomic mass is 35.5. The standard InChI is InChI=1S/C24H19ClO3/c25-19-10-8-18(9-11-19)24-16-22(26)21-15-20(12-13-23(21)28-24)27-14-4-7-17-5-2-1-3-6-17/h1-3,5-6,8-13,15-16H,4,7,14H2. The number of rotatable bonds is 6. The van der Waals surface area contributed by atoms with E-state index in [-0.39, 0.29) is 5.43 Å². The van der Waals surface area contributed by atoms with Crippen LogP contribution in [-0.2, 0) is 6.42 Å². The van der Waals surface area contributed by atoms with Crippen LogP contribution in [0.3, 0.4) is 0 Å². The number of fused-ring (bicyclic) bond motifs is 1. The maximum Gasteiger partial charge on any atom is 0.193 e. The Hall–Kier alpha value is -3.04. The topological polar surface area (TPSA) is 39.4 Å². The molecule has 0 aliphatic rings. The lowest BCUT2D eigenvalue weighted by molar-refractivity contribution is 0.311. The van der Waals surface area contributed by atoms with Crippen LogP contribution < -0.4 is 10.2 Å². The monoisotopic (exact) mass is 390 g/mol. The van der Waals surface area contributed by atoms with Crippen molar-refractivity contribution in [2.75, 3.05) is 6.61 Å². The van der Waals surface area contributed by atoms with E-state index < -0.39 is 0 Å². The Labute approximate surface area is 168 Å². The van der Waals surface area contributed by atoms with E-state index in [1.54, 1.807) is 24.3 Å². The van der Waals surface area contributed by atoms with Gasteiger partial charge in [-0.2, -0.15) is 0 Å². The predicted octanol–water partition coefficient (Wildman–Crippen LogP) is 6.13. The fraction of sp³-hybridized carbons (Fsp3) is 0.125. The van der Waals surface area contributed by atoms with Crippen LogP contribution >= 0.6 is 11.6 Å². The molecule has 3 nitrogen and oxygen atoms in total. The van der Waals surface area contributed by atoms with Gasteiger partial charge in [0, 0.05) is 16.7 Å². The molecule has 0 unspecified atom stereocenters. The molecule has 0 fully saturated rings. The summed E-state index contributed by atoms with van der Waals surface area (Å²) < 4.78 is 11.7. The van der Waals surface area contributed by atoms with Crippen molar-refractivity contribution in [1.29, 1.82) is 0 Å². The van der Waals surface area contributed by atoms with Crippen molar-refractivity contribution < 1.29 is 9.15 Å². The maximum absolute atomic E-state index is 12.6. The lowest BCUT2D eigenvalue weighted by Gasteiger charge is -2.08. The second kappa shape index (κ2) is 8.32. The summed E-state index contributed by atoms with van der Waals surface area (Å²) in [5.41, 5.74) is 2.54. The first kappa shape index (κ1) is 18.3. The summed E-state index contributed by atoms with van der Waals surface area (Å²) in [6, 6.07) is 24.4. The zero-order chi connectivity index (χ0) is 19.3. The SMILES string of the molecule is O=c1cc(-c2ccc(Cl)cc2)oc2ccc(OCCCc3ccccc3)cc12. The fourth-order valence-electron chi connectivity index (χ4n) is 3.09. The Kier molecular flexibility index (Phi) is 5.45. The number of aryl methyl sites for hydroxylation is 1. The number of ether oxygens (including phenoxy) is 1. The van der Waals surface area contributed by atoms with E-state index in [2.05, 4.69) is 12.1 Å². The molecule has 1 aromatic heterocycles. The third-order valence-corrected chi connectivity index (χ3v) is 4.80. The summed E-state index contributed by atoms with van der Waals surface area (Å²) in [7, 11) is 0. The van der Waals surface area contributed by atoms with Gasteiger partial charge in [0.25, 0.3) is 0 Å². The van der Waals surface area contributed by atoms with Gasteiger partial charge in [0.05, 0.1) is 12.0 Å². The smallest absolute Gasteiger partial charge is 0.193 e. The van der Waals surface area contributed by atoms with Gasteiger partial charge in [0.1, 0.15) is 17.1 Å². The molecule has 0 N–H and O–H groups in total. The first-order valence-corrected chi connectivity index (χ1v) is 9.57. The van der Waals surface area contributed by atoms with E-state index in [1.165, 1.54) is 11.6 Å². The molecule has 0 aliphatic heterocycles. The van der Waals surface area contributed by atoms with Crippen molar-refractivity contribution in [2.24, 2.45) is 0 Å². The molecule has 4 rings (SSSR count). The van der Waals surface area contributed by atoms with E-state index in [0.29, 0.717) is 34.1 Å². The molecule has 0 radical (unpaired) electrons. The number of hydrogen-bond acceptors (Lipinski definition) is 3. The minimum absolute atomic E-state index is 0.0964. The lowest BCUT2D eigenvalue weighted by atomic mass is 10.1. The van der Waals surface area contributed by atoms with Crippen molar-refractivity contribution >= 4 is 22.6 Å². The van der Waals surface area contributed by atoms with Crippen LogP contribution in [0.5, 0.6) is 5.75 Å². The Morgan fingerprint density at radius 3 is 2.46 bits per heavy atom. The van der Waals surface area contributed by atoms with Crippen LogP contribution in [0, 0.1) is 0 Å². The molecule has 28 heavy (non-hydrogen) atoms. The highest BCUT2D eigenvalue weighted by Crippen LogP contribution is 2.25. The quantitative estimate of drug-likeness (QED) is 0.372. The summed E-state index contributed by atoms with van der Waals surface area (Å²) in [6.45, 7) is 0.592. The molecule has 0 amide bonds. The molecular formula is C24H19ClO3. The first-order chi connectivity index (χ1) is 13.7. The molecule has 0 bridgehead atoms. The molecular weight excluding hydrogens is 372 g/mol. The summed E-state index contributed by atoms with van der Waals surface area (Å²) in [5.74, 6) is 1.19. The Balaban J connectivity index is 1.48. The number of hydrogen-bond donors (Lipinski definition) is 0. The molecule has 0 saturated heterocycles. The third kappa shape index (κ3) is 4.26. The maximum atomic E-state index is 12.6. The summed E-state index contributed by atoms with van der Waals surface area (Å²) in [5, 5.41) is 1.15. The molecule has 4 aromatic rings. The molecule has 3 aromatic carbocycles. The number of benzene rings is 3. The van der Waals surface area contributed by atoms with E-state index >= 15 is 0 Å². The van der Waals surface area contributed by atoms with Crippen molar-refractivity contribution in [3.05, 3.63) is 99.7 Å². The van der Waals surface area contributed by atoms with E-state index in [4.69, 9.17) is 20.8 Å². The van der Waals surface area contributed by atoms with Gasteiger partial charge in [-0.1, -0.05) is 41.9 Å². The molecule has 4 heteroatoms. The fourth-order valence-corrected chi connectivity index (χ4v) is 3.22. The number of halogens is 1. The van der Waals surface area contributed by atoms with Crippen LogP contribution in [0.4, 0.5) is 0 Å². The van der Waals surface area contributed by atoms with Crippen LogP contribution in [0.1, 0.15) is 12.0 Å². The second-order valence-corrected chi connectivity index (χ2v) is 7.01. The molecule has 140 valence electrons. The minimum Gasteiger partial charge on any atom is -0.494 e. The predicted molar refractivity (Wildman–Crippen MR) is 113 cm³/mol. The van der Waals surface area contributed by atoms with Gasteiger partial charge in [-0.15, -0.1) is 0 Å². The normalized spacial score (nSPS) is 10.9. The lowest BCUT2D eigenvalue weighted by Crippen LogP contribution is -2.03. The molecule has 0 saturated carbocycles. The van der Waals surface area contributed by atoms with Crippen molar-refractivity contribution in [3.8, 4) is 17.1 Å². The summed E-state index contributed by atoms with van der Waals surface area (Å²) in [6.07, 6.45) is 1.87. The zero-order valence-corrected chi connectivity index (χ0v) is 16.0. The van der Waals surface area contributed by atoms with Gasteiger partial charge in [-0.3, -0.25) is 4.79 Å². The van der Waals surface area contributed by atoms with E-state index in [0.717, 1.165) is 18.4 Å². The van der Waals surface area contributed by atoms with Gasteiger partial charge < -0.3 is 9.15 Å². The van der Waals surface area contributed by atoms with Gasteiger partial charge in [0.2, 0.25) is 0 Å². The van der Waals surface area contributed by atoms with Gasteiger partial charge >= 0.3 is 0 Å². The first-order valence-electron chi connectivity index (χ1n) is 9.20. The van der Waals surface area contributed by atoms with Crippen LogP contribution in [0.2, 0.25) is 5.02 Å². The molecule has 0 spiro atoms. The second-order valence-electron chi connectivity index (χ2n) is 6.58. The van der Waals surface area contributed by atoms with Gasteiger partial charge in [-0.25, -0.2) is 0 Å². The van der Waals surface area contributed by atoms with Gasteiger partial charge in [-0.05, 0) is 60.9 Å². The van der Waals surface area contributed by atoms with Crippen LogP contribution in [0.25, 0.3) is 22.3 Å². The third-order valence-electron chi connectivity index (χ3n) is 4.55.